The van der Waals surface area contributed by atoms with Gasteiger partial charge >= 0.3 is 0 Å². The van der Waals surface area contributed by atoms with E-state index in [1.807, 2.05) is 6.08 Å². The summed E-state index contributed by atoms with van der Waals surface area (Å²) in [7, 11) is 0. The minimum absolute atomic E-state index is 0.471. The van der Waals surface area contributed by atoms with E-state index in [4.69, 9.17) is 11.5 Å². The van der Waals surface area contributed by atoms with Crippen molar-refractivity contribution in [3.8, 4) is 0 Å². The van der Waals surface area contributed by atoms with Crippen molar-refractivity contribution in [3.05, 3.63) is 11.9 Å². The van der Waals surface area contributed by atoms with Gasteiger partial charge in [0.2, 0.25) is 0 Å². The summed E-state index contributed by atoms with van der Waals surface area (Å²) < 4.78 is 0. The molecule has 0 radical (unpaired) electrons. The quantitative estimate of drug-likeness (QED) is 0.424. The molecule has 0 spiro atoms. The van der Waals surface area contributed by atoms with Gasteiger partial charge < -0.3 is 11.5 Å². The molecule has 0 saturated carbocycles. The first-order valence-electron chi connectivity index (χ1n) is 8.48. The highest BCUT2D eigenvalue weighted by atomic mass is 14.8. The van der Waals surface area contributed by atoms with E-state index in [0.29, 0.717) is 5.82 Å². The van der Waals surface area contributed by atoms with Gasteiger partial charge in [0, 0.05) is 0 Å². The third-order valence-electron chi connectivity index (χ3n) is 3.69. The zero-order valence-electron chi connectivity index (χ0n) is 13.1. The molecule has 0 saturated heterocycles. The van der Waals surface area contributed by atoms with Crippen molar-refractivity contribution >= 4 is 0 Å². The van der Waals surface area contributed by atoms with Gasteiger partial charge in [-0.3, -0.25) is 0 Å². The van der Waals surface area contributed by atoms with Crippen LogP contribution in [0.1, 0.15) is 96.8 Å². The summed E-state index contributed by atoms with van der Waals surface area (Å²) in [5.74, 6) is 0.471. The first kappa shape index (κ1) is 18.3. The summed E-state index contributed by atoms with van der Waals surface area (Å²) in [5, 5.41) is 0. The standard InChI is InChI=1S/C17H36N2/c1-2-3-4-5-6-7-8-9-10-11-12-13-14-15-16-17(18)19/h16H,2-15,18-19H2,1H3. The van der Waals surface area contributed by atoms with Crippen molar-refractivity contribution in [3.63, 3.8) is 0 Å². The molecule has 2 heteroatoms. The van der Waals surface area contributed by atoms with E-state index < -0.39 is 0 Å². The molecule has 0 aliphatic carbocycles. The van der Waals surface area contributed by atoms with Crippen LogP contribution >= 0.6 is 0 Å². The molecular weight excluding hydrogens is 232 g/mol. The van der Waals surface area contributed by atoms with Crippen molar-refractivity contribution in [2.24, 2.45) is 11.5 Å². The van der Waals surface area contributed by atoms with Crippen molar-refractivity contribution in [2.75, 3.05) is 0 Å². The van der Waals surface area contributed by atoms with Crippen LogP contribution in [0.5, 0.6) is 0 Å². The van der Waals surface area contributed by atoms with Crippen molar-refractivity contribution in [2.45, 2.75) is 96.8 Å². The molecule has 114 valence electrons. The van der Waals surface area contributed by atoms with E-state index in [1.165, 1.54) is 83.5 Å². The highest BCUT2D eigenvalue weighted by molar-refractivity contribution is 4.89. The Kier molecular flexibility index (Phi) is 14.9. The molecule has 0 amide bonds. The number of nitrogens with two attached hydrogens (primary N) is 2. The predicted molar refractivity (Wildman–Crippen MR) is 86.8 cm³/mol. The number of rotatable bonds is 14. The minimum Gasteiger partial charge on any atom is -0.386 e. The van der Waals surface area contributed by atoms with Gasteiger partial charge in [-0.25, -0.2) is 0 Å². The molecule has 2 nitrogen and oxygen atoms in total. The maximum absolute atomic E-state index is 5.38. The smallest absolute Gasteiger partial charge is 0.0892 e. The molecule has 0 aliphatic rings. The predicted octanol–water partition coefficient (Wildman–Crippen LogP) is 5.23. The zero-order valence-corrected chi connectivity index (χ0v) is 13.1. The Balaban J connectivity index is 2.97. The van der Waals surface area contributed by atoms with Crippen LogP contribution < -0.4 is 11.5 Å². The molecule has 0 rings (SSSR count). The monoisotopic (exact) mass is 268 g/mol. The molecule has 0 bridgehead atoms. The van der Waals surface area contributed by atoms with Crippen LogP contribution in [0.4, 0.5) is 0 Å². The van der Waals surface area contributed by atoms with E-state index in [-0.39, 0.29) is 0 Å². The molecule has 0 atom stereocenters. The van der Waals surface area contributed by atoms with Gasteiger partial charge in [-0.05, 0) is 18.9 Å². The number of hydrogen-bond acceptors (Lipinski definition) is 2. The molecule has 4 N–H and O–H groups in total. The SMILES string of the molecule is CCCCCCCCCCCCCCCC=C(N)N. The van der Waals surface area contributed by atoms with E-state index in [0.717, 1.165) is 6.42 Å². The fourth-order valence-corrected chi connectivity index (χ4v) is 2.43. The van der Waals surface area contributed by atoms with Crippen molar-refractivity contribution in [1.29, 1.82) is 0 Å². The first-order valence-corrected chi connectivity index (χ1v) is 8.48. The van der Waals surface area contributed by atoms with E-state index >= 15 is 0 Å². The molecule has 0 aromatic rings. The van der Waals surface area contributed by atoms with Crippen LogP contribution in [-0.4, -0.2) is 0 Å². The Morgan fingerprint density at radius 3 is 1.37 bits per heavy atom. The molecule has 0 fully saturated rings. The third-order valence-corrected chi connectivity index (χ3v) is 3.69. The summed E-state index contributed by atoms with van der Waals surface area (Å²) in [6, 6.07) is 0. The summed E-state index contributed by atoms with van der Waals surface area (Å²) >= 11 is 0. The molecule has 0 aromatic heterocycles. The maximum atomic E-state index is 5.38. The highest BCUT2D eigenvalue weighted by Gasteiger charge is 1.93. The van der Waals surface area contributed by atoms with E-state index in [9.17, 15) is 0 Å². The highest BCUT2D eigenvalue weighted by Crippen LogP contribution is 2.12. The zero-order chi connectivity index (χ0) is 14.2. The van der Waals surface area contributed by atoms with Gasteiger partial charge in [0.15, 0.2) is 0 Å². The van der Waals surface area contributed by atoms with E-state index in [2.05, 4.69) is 6.92 Å². The molecule has 19 heavy (non-hydrogen) atoms. The maximum Gasteiger partial charge on any atom is 0.0892 e. The number of hydrogen-bond donors (Lipinski definition) is 2. The Morgan fingerprint density at radius 1 is 0.632 bits per heavy atom. The average molecular weight is 268 g/mol. The lowest BCUT2D eigenvalue weighted by molar-refractivity contribution is 0.540. The summed E-state index contributed by atoms with van der Waals surface area (Å²) in [6.07, 6.45) is 21.2. The fourth-order valence-electron chi connectivity index (χ4n) is 2.43. The van der Waals surface area contributed by atoms with Crippen LogP contribution in [0.25, 0.3) is 0 Å². The van der Waals surface area contributed by atoms with Crippen LogP contribution in [0.2, 0.25) is 0 Å². The van der Waals surface area contributed by atoms with E-state index in [1.54, 1.807) is 0 Å². The van der Waals surface area contributed by atoms with Crippen molar-refractivity contribution in [1.82, 2.24) is 0 Å². The second-order valence-electron chi connectivity index (χ2n) is 5.74. The van der Waals surface area contributed by atoms with Gasteiger partial charge in [0.25, 0.3) is 0 Å². The molecule has 0 aliphatic heterocycles. The largest absolute Gasteiger partial charge is 0.386 e. The Labute approximate surface area is 121 Å². The summed E-state index contributed by atoms with van der Waals surface area (Å²) in [4.78, 5) is 0. The molecular formula is C17H36N2. The van der Waals surface area contributed by atoms with Gasteiger partial charge in [0.1, 0.15) is 0 Å². The lowest BCUT2D eigenvalue weighted by Gasteiger charge is -2.02. The molecule has 0 aromatic carbocycles. The normalized spacial score (nSPS) is 10.6. The Hall–Kier alpha value is -0.660. The summed E-state index contributed by atoms with van der Waals surface area (Å²) in [5.41, 5.74) is 10.8. The minimum atomic E-state index is 0.471. The lowest BCUT2D eigenvalue weighted by Crippen LogP contribution is -2.07. The van der Waals surface area contributed by atoms with Crippen LogP contribution in [0.3, 0.4) is 0 Å². The average Bonchev–Trinajstić information content (AvgIpc) is 2.39. The molecule has 0 heterocycles. The number of unbranched alkanes of at least 4 members (excludes halogenated alkanes) is 13. The van der Waals surface area contributed by atoms with Crippen LogP contribution in [0.15, 0.2) is 11.9 Å². The number of allylic oxidation sites excluding steroid dienone is 1. The molecule has 0 unspecified atom stereocenters. The van der Waals surface area contributed by atoms with Gasteiger partial charge in [0.05, 0.1) is 5.82 Å². The van der Waals surface area contributed by atoms with Gasteiger partial charge in [-0.1, -0.05) is 84.0 Å². The second-order valence-corrected chi connectivity index (χ2v) is 5.74. The second kappa shape index (κ2) is 15.4. The Bertz CT molecular complexity index is 195. The topological polar surface area (TPSA) is 52.0 Å². The van der Waals surface area contributed by atoms with Crippen LogP contribution in [-0.2, 0) is 0 Å². The van der Waals surface area contributed by atoms with Gasteiger partial charge in [-0.2, -0.15) is 0 Å². The third kappa shape index (κ3) is 17.3. The van der Waals surface area contributed by atoms with Crippen molar-refractivity contribution < 1.29 is 0 Å². The van der Waals surface area contributed by atoms with Crippen LogP contribution in [0, 0.1) is 0 Å². The van der Waals surface area contributed by atoms with Gasteiger partial charge in [-0.15, -0.1) is 0 Å². The first-order chi connectivity index (χ1) is 9.27. The Morgan fingerprint density at radius 2 is 1.00 bits per heavy atom. The fraction of sp³-hybridized carbons (Fsp3) is 0.882. The lowest BCUT2D eigenvalue weighted by atomic mass is 10.0. The summed E-state index contributed by atoms with van der Waals surface area (Å²) in [6.45, 7) is 2.28.